The van der Waals surface area contributed by atoms with Gasteiger partial charge in [-0.1, -0.05) is 6.07 Å². The Morgan fingerprint density at radius 1 is 1.14 bits per heavy atom. The summed E-state index contributed by atoms with van der Waals surface area (Å²) in [5.41, 5.74) is 0.906. The van der Waals surface area contributed by atoms with E-state index in [1.54, 1.807) is 30.3 Å². The molecule has 0 spiro atoms. The van der Waals surface area contributed by atoms with Crippen molar-refractivity contribution in [3.63, 3.8) is 0 Å². The zero-order chi connectivity index (χ0) is 15.4. The van der Waals surface area contributed by atoms with E-state index in [0.29, 0.717) is 21.5 Å². The van der Waals surface area contributed by atoms with Crippen LogP contribution in [0.1, 0.15) is 20.7 Å². The molecule has 2 aromatic carbocycles. The third kappa shape index (κ3) is 3.61. The molecule has 0 atom stereocenters. The quantitative estimate of drug-likeness (QED) is 0.886. The van der Waals surface area contributed by atoms with Crippen molar-refractivity contribution in [1.29, 1.82) is 0 Å². The zero-order valence-corrected chi connectivity index (χ0v) is 12.7. The van der Waals surface area contributed by atoms with Gasteiger partial charge < -0.3 is 15.2 Å². The molecular weight excluding hydrogens is 338 g/mol. The number of carboxylic acids is 1. The first-order valence-electron chi connectivity index (χ1n) is 5.99. The minimum absolute atomic E-state index is 0.0964. The fraction of sp³-hybridized carbons (Fsp3) is 0.0667. The lowest BCUT2D eigenvalue weighted by atomic mass is 10.1. The third-order valence-electron chi connectivity index (χ3n) is 2.79. The lowest BCUT2D eigenvalue weighted by molar-refractivity contribution is 0.0696. The van der Waals surface area contributed by atoms with Crippen LogP contribution in [0.3, 0.4) is 0 Å². The minimum Gasteiger partial charge on any atom is -0.497 e. The van der Waals surface area contributed by atoms with Crippen molar-refractivity contribution >= 4 is 33.5 Å². The molecule has 0 bridgehead atoms. The van der Waals surface area contributed by atoms with Gasteiger partial charge in [-0.2, -0.15) is 0 Å². The van der Waals surface area contributed by atoms with Crippen LogP contribution in [-0.2, 0) is 0 Å². The van der Waals surface area contributed by atoms with Crippen LogP contribution in [0.4, 0.5) is 5.69 Å². The van der Waals surface area contributed by atoms with E-state index in [2.05, 4.69) is 21.2 Å². The van der Waals surface area contributed by atoms with Crippen molar-refractivity contribution in [3.8, 4) is 5.75 Å². The molecule has 0 fully saturated rings. The first-order valence-corrected chi connectivity index (χ1v) is 6.79. The van der Waals surface area contributed by atoms with Crippen LogP contribution in [0, 0.1) is 0 Å². The predicted octanol–water partition coefficient (Wildman–Crippen LogP) is 3.41. The molecule has 0 aliphatic rings. The summed E-state index contributed by atoms with van der Waals surface area (Å²) in [5.74, 6) is -0.836. The number of carbonyl (C=O) groups is 2. The summed E-state index contributed by atoms with van der Waals surface area (Å²) in [4.78, 5) is 23.1. The first kappa shape index (κ1) is 15.1. The maximum absolute atomic E-state index is 12.2. The SMILES string of the molecule is COc1cccc(C(=O)Nc2cc(C(=O)O)ccc2Br)c1. The van der Waals surface area contributed by atoms with Crippen molar-refractivity contribution in [1.82, 2.24) is 0 Å². The number of carboxylic acid groups (broad SMARTS) is 1. The molecule has 0 saturated heterocycles. The number of hydrogen-bond acceptors (Lipinski definition) is 3. The Balaban J connectivity index is 2.26. The number of carbonyl (C=O) groups excluding carboxylic acids is 1. The fourth-order valence-electron chi connectivity index (χ4n) is 1.71. The lowest BCUT2D eigenvalue weighted by Crippen LogP contribution is -2.13. The molecule has 1 amide bonds. The monoisotopic (exact) mass is 349 g/mol. The van der Waals surface area contributed by atoms with Gasteiger partial charge in [0.1, 0.15) is 5.75 Å². The van der Waals surface area contributed by atoms with Gasteiger partial charge in [0, 0.05) is 10.0 Å². The van der Waals surface area contributed by atoms with Gasteiger partial charge in [-0.25, -0.2) is 4.79 Å². The Hall–Kier alpha value is -2.34. The molecule has 0 aliphatic carbocycles. The maximum atomic E-state index is 12.2. The van der Waals surface area contributed by atoms with Crippen LogP contribution in [0.2, 0.25) is 0 Å². The Morgan fingerprint density at radius 2 is 1.90 bits per heavy atom. The van der Waals surface area contributed by atoms with Crippen LogP contribution in [0.5, 0.6) is 5.75 Å². The Labute approximate surface area is 129 Å². The number of rotatable bonds is 4. The molecule has 21 heavy (non-hydrogen) atoms. The summed E-state index contributed by atoms with van der Waals surface area (Å²) >= 11 is 3.28. The second kappa shape index (κ2) is 6.41. The molecule has 0 unspecified atom stereocenters. The largest absolute Gasteiger partial charge is 0.497 e. The molecule has 2 rings (SSSR count). The molecule has 0 heterocycles. The Kier molecular flexibility index (Phi) is 4.59. The summed E-state index contributed by atoms with van der Waals surface area (Å²) in [5, 5.41) is 11.6. The maximum Gasteiger partial charge on any atom is 0.335 e. The molecule has 0 radical (unpaired) electrons. The van der Waals surface area contributed by atoms with Crippen molar-refractivity contribution in [2.24, 2.45) is 0 Å². The first-order chi connectivity index (χ1) is 10.0. The lowest BCUT2D eigenvalue weighted by Gasteiger charge is -2.09. The van der Waals surface area contributed by atoms with Gasteiger partial charge in [-0.3, -0.25) is 4.79 Å². The highest BCUT2D eigenvalue weighted by Gasteiger charge is 2.11. The average Bonchev–Trinajstić information content (AvgIpc) is 2.49. The van der Waals surface area contributed by atoms with E-state index in [0.717, 1.165) is 0 Å². The summed E-state index contributed by atoms with van der Waals surface area (Å²) in [6.07, 6.45) is 0. The second-order valence-electron chi connectivity index (χ2n) is 4.19. The van der Waals surface area contributed by atoms with E-state index < -0.39 is 5.97 Å². The molecule has 0 aliphatic heterocycles. The van der Waals surface area contributed by atoms with Gasteiger partial charge in [-0.05, 0) is 52.3 Å². The smallest absolute Gasteiger partial charge is 0.335 e. The van der Waals surface area contributed by atoms with E-state index in [-0.39, 0.29) is 11.5 Å². The zero-order valence-electron chi connectivity index (χ0n) is 11.1. The van der Waals surface area contributed by atoms with Gasteiger partial charge in [0.25, 0.3) is 5.91 Å². The number of methoxy groups -OCH3 is 1. The van der Waals surface area contributed by atoms with Crippen LogP contribution in [-0.4, -0.2) is 24.1 Å². The molecular formula is C15H12BrNO4. The third-order valence-corrected chi connectivity index (χ3v) is 3.48. The Bertz CT molecular complexity index is 700. The van der Waals surface area contributed by atoms with E-state index in [1.807, 2.05) is 0 Å². The van der Waals surface area contributed by atoms with Crippen LogP contribution < -0.4 is 10.1 Å². The average molecular weight is 350 g/mol. The number of nitrogens with one attached hydrogen (secondary N) is 1. The highest BCUT2D eigenvalue weighted by atomic mass is 79.9. The van der Waals surface area contributed by atoms with Crippen LogP contribution >= 0.6 is 15.9 Å². The standard InChI is InChI=1S/C15H12BrNO4/c1-21-11-4-2-3-9(7-11)14(18)17-13-8-10(15(19)20)5-6-12(13)16/h2-8H,1H3,(H,17,18)(H,19,20). The van der Waals surface area contributed by atoms with E-state index in [4.69, 9.17) is 9.84 Å². The number of ether oxygens (including phenoxy) is 1. The van der Waals surface area contributed by atoms with Crippen molar-refractivity contribution in [3.05, 3.63) is 58.1 Å². The van der Waals surface area contributed by atoms with Gasteiger partial charge in [0.15, 0.2) is 0 Å². The number of benzene rings is 2. The summed E-state index contributed by atoms with van der Waals surface area (Å²) < 4.78 is 5.66. The molecule has 2 aromatic rings. The summed E-state index contributed by atoms with van der Waals surface area (Å²) in [6, 6.07) is 11.1. The fourth-order valence-corrected chi connectivity index (χ4v) is 2.06. The highest BCUT2D eigenvalue weighted by Crippen LogP contribution is 2.24. The molecule has 0 aromatic heterocycles. The number of aromatic carboxylic acids is 1. The molecule has 108 valence electrons. The van der Waals surface area contributed by atoms with Gasteiger partial charge in [-0.15, -0.1) is 0 Å². The van der Waals surface area contributed by atoms with Gasteiger partial charge >= 0.3 is 5.97 Å². The molecule has 5 nitrogen and oxygen atoms in total. The van der Waals surface area contributed by atoms with Crippen molar-refractivity contribution < 1.29 is 19.4 Å². The molecule has 2 N–H and O–H groups in total. The highest BCUT2D eigenvalue weighted by molar-refractivity contribution is 9.10. The van der Waals surface area contributed by atoms with Crippen LogP contribution in [0.15, 0.2) is 46.9 Å². The van der Waals surface area contributed by atoms with Crippen molar-refractivity contribution in [2.45, 2.75) is 0 Å². The number of amides is 1. The molecule has 6 heteroatoms. The second-order valence-corrected chi connectivity index (χ2v) is 5.04. The number of anilines is 1. The van der Waals surface area contributed by atoms with E-state index in [9.17, 15) is 9.59 Å². The number of halogens is 1. The van der Waals surface area contributed by atoms with Crippen molar-refractivity contribution in [2.75, 3.05) is 12.4 Å². The summed E-state index contributed by atoms with van der Waals surface area (Å²) in [7, 11) is 1.52. The molecule has 0 saturated carbocycles. The van der Waals surface area contributed by atoms with Gasteiger partial charge in [0.2, 0.25) is 0 Å². The summed E-state index contributed by atoms with van der Waals surface area (Å²) in [6.45, 7) is 0. The predicted molar refractivity (Wildman–Crippen MR) is 82.0 cm³/mol. The number of hydrogen-bond donors (Lipinski definition) is 2. The van der Waals surface area contributed by atoms with Crippen LogP contribution in [0.25, 0.3) is 0 Å². The van der Waals surface area contributed by atoms with E-state index >= 15 is 0 Å². The minimum atomic E-state index is -1.06. The van der Waals surface area contributed by atoms with E-state index in [1.165, 1.54) is 19.2 Å². The van der Waals surface area contributed by atoms with Gasteiger partial charge in [0.05, 0.1) is 18.4 Å². The normalized spacial score (nSPS) is 10.0. The topological polar surface area (TPSA) is 75.6 Å². The Morgan fingerprint density at radius 3 is 2.57 bits per heavy atom.